The van der Waals surface area contributed by atoms with Gasteiger partial charge in [0.25, 0.3) is 0 Å². The molecule has 1 heterocycles. The van der Waals surface area contributed by atoms with Gasteiger partial charge in [-0.3, -0.25) is 9.69 Å². The Balaban J connectivity index is 1.92. The lowest BCUT2D eigenvalue weighted by Crippen LogP contribution is -2.49. The lowest BCUT2D eigenvalue weighted by molar-refractivity contribution is -0.127. The molecule has 1 aliphatic rings. The van der Waals surface area contributed by atoms with Crippen molar-refractivity contribution in [2.75, 3.05) is 26.7 Å². The van der Waals surface area contributed by atoms with Gasteiger partial charge in [0.15, 0.2) is 0 Å². The lowest BCUT2D eigenvalue weighted by atomic mass is 10.0. The second-order valence-corrected chi connectivity index (χ2v) is 5.36. The smallest absolute Gasteiger partial charge is 0.237 e. The molecule has 1 atom stereocenters. The van der Waals surface area contributed by atoms with E-state index in [1.165, 1.54) is 12.0 Å². The topological polar surface area (TPSA) is 44.4 Å². The van der Waals surface area contributed by atoms with Crippen LogP contribution in [-0.4, -0.2) is 43.5 Å². The van der Waals surface area contributed by atoms with E-state index in [1.807, 2.05) is 13.1 Å². The Morgan fingerprint density at radius 2 is 2.05 bits per heavy atom. The summed E-state index contributed by atoms with van der Waals surface area (Å²) in [5.74, 6) is 0.177. The van der Waals surface area contributed by atoms with Gasteiger partial charge in [0.1, 0.15) is 0 Å². The van der Waals surface area contributed by atoms with E-state index in [1.54, 1.807) is 0 Å². The Labute approximate surface area is 121 Å². The fourth-order valence-electron chi connectivity index (χ4n) is 2.72. The van der Waals surface area contributed by atoms with Crippen LogP contribution in [0.4, 0.5) is 0 Å². The van der Waals surface area contributed by atoms with Crippen molar-refractivity contribution in [3.63, 3.8) is 0 Å². The van der Waals surface area contributed by atoms with Crippen LogP contribution in [0.5, 0.6) is 0 Å². The number of amides is 1. The number of benzene rings is 1. The molecule has 2 rings (SSSR count). The molecule has 1 amide bonds. The molecule has 1 aliphatic heterocycles. The molecule has 1 aromatic rings. The molecule has 1 aromatic carbocycles. The molecule has 4 heteroatoms. The first-order valence-corrected chi connectivity index (χ1v) is 7.51. The maximum atomic E-state index is 12.3. The van der Waals surface area contributed by atoms with E-state index in [-0.39, 0.29) is 11.9 Å². The first kappa shape index (κ1) is 15.0. The predicted octanol–water partition coefficient (Wildman–Crippen LogP) is 1.38. The minimum Gasteiger partial charge on any atom is -0.353 e. The Kier molecular flexibility index (Phi) is 6.02. The summed E-state index contributed by atoms with van der Waals surface area (Å²) in [5, 5.41) is 6.07. The van der Waals surface area contributed by atoms with Gasteiger partial charge in [0.05, 0.1) is 6.04 Å². The average Bonchev–Trinajstić information content (AvgIpc) is 2.49. The van der Waals surface area contributed by atoms with Crippen LogP contribution >= 0.6 is 0 Å². The highest BCUT2D eigenvalue weighted by atomic mass is 16.2. The second-order valence-electron chi connectivity index (χ2n) is 5.36. The highest BCUT2D eigenvalue weighted by Gasteiger charge is 2.28. The molecule has 0 spiro atoms. The molecule has 0 saturated carbocycles. The summed E-state index contributed by atoms with van der Waals surface area (Å²) in [4.78, 5) is 14.6. The van der Waals surface area contributed by atoms with Gasteiger partial charge >= 0.3 is 0 Å². The lowest BCUT2D eigenvalue weighted by Gasteiger charge is -2.34. The quantitative estimate of drug-likeness (QED) is 0.771. The maximum absolute atomic E-state index is 12.3. The monoisotopic (exact) mass is 275 g/mol. The SMILES string of the molecule is CNCCNC(=O)C1CCCCN1Cc1ccccc1. The van der Waals surface area contributed by atoms with Crippen molar-refractivity contribution in [1.82, 2.24) is 15.5 Å². The zero-order chi connectivity index (χ0) is 14.2. The minimum absolute atomic E-state index is 0.0285. The molecule has 0 aromatic heterocycles. The van der Waals surface area contributed by atoms with Crippen LogP contribution in [0.1, 0.15) is 24.8 Å². The van der Waals surface area contributed by atoms with Crippen LogP contribution in [0.3, 0.4) is 0 Å². The Hall–Kier alpha value is -1.39. The van der Waals surface area contributed by atoms with Gasteiger partial charge in [-0.2, -0.15) is 0 Å². The summed E-state index contributed by atoms with van der Waals surface area (Å²) in [6, 6.07) is 10.4. The molecule has 2 N–H and O–H groups in total. The number of nitrogens with one attached hydrogen (secondary N) is 2. The summed E-state index contributed by atoms with van der Waals surface area (Å²) in [6.07, 6.45) is 3.31. The molecule has 110 valence electrons. The van der Waals surface area contributed by atoms with Gasteiger partial charge in [0.2, 0.25) is 5.91 Å². The first-order valence-electron chi connectivity index (χ1n) is 7.51. The summed E-state index contributed by atoms with van der Waals surface area (Å²) in [5.41, 5.74) is 1.28. The van der Waals surface area contributed by atoms with Crippen LogP contribution in [0.15, 0.2) is 30.3 Å². The summed E-state index contributed by atoms with van der Waals surface area (Å²) < 4.78 is 0. The summed E-state index contributed by atoms with van der Waals surface area (Å²) in [7, 11) is 1.90. The Morgan fingerprint density at radius 1 is 1.25 bits per heavy atom. The van der Waals surface area contributed by atoms with Gasteiger partial charge in [-0.05, 0) is 32.0 Å². The number of likely N-dealkylation sites (N-methyl/N-ethyl adjacent to an activating group) is 1. The molecule has 4 nitrogen and oxygen atoms in total. The molecule has 1 saturated heterocycles. The van der Waals surface area contributed by atoms with Crippen molar-refractivity contribution in [2.24, 2.45) is 0 Å². The number of hydrogen-bond donors (Lipinski definition) is 2. The third-order valence-electron chi connectivity index (χ3n) is 3.82. The second kappa shape index (κ2) is 8.02. The van der Waals surface area contributed by atoms with Crippen molar-refractivity contribution in [1.29, 1.82) is 0 Å². The highest BCUT2D eigenvalue weighted by Crippen LogP contribution is 2.19. The molecule has 1 fully saturated rings. The minimum atomic E-state index is 0.0285. The predicted molar refractivity (Wildman–Crippen MR) is 81.4 cm³/mol. The molecular formula is C16H25N3O. The summed E-state index contributed by atoms with van der Waals surface area (Å²) in [6.45, 7) is 3.39. The molecular weight excluding hydrogens is 250 g/mol. The van der Waals surface area contributed by atoms with Crippen molar-refractivity contribution >= 4 is 5.91 Å². The van der Waals surface area contributed by atoms with Gasteiger partial charge in [-0.25, -0.2) is 0 Å². The zero-order valence-electron chi connectivity index (χ0n) is 12.3. The fourth-order valence-corrected chi connectivity index (χ4v) is 2.72. The molecule has 0 bridgehead atoms. The normalized spacial score (nSPS) is 19.8. The Bertz CT molecular complexity index is 407. The van der Waals surface area contributed by atoms with Crippen LogP contribution < -0.4 is 10.6 Å². The first-order chi connectivity index (χ1) is 9.81. The van der Waals surface area contributed by atoms with Crippen molar-refractivity contribution < 1.29 is 4.79 Å². The average molecular weight is 275 g/mol. The van der Waals surface area contributed by atoms with E-state index in [0.29, 0.717) is 6.54 Å². The van der Waals surface area contributed by atoms with Gasteiger partial charge in [-0.1, -0.05) is 36.8 Å². The number of nitrogens with zero attached hydrogens (tertiary/aromatic N) is 1. The van der Waals surface area contributed by atoms with Gasteiger partial charge < -0.3 is 10.6 Å². The van der Waals surface area contributed by atoms with E-state index >= 15 is 0 Å². The van der Waals surface area contributed by atoms with Crippen molar-refractivity contribution in [2.45, 2.75) is 31.8 Å². The summed E-state index contributed by atoms with van der Waals surface area (Å²) >= 11 is 0. The van der Waals surface area contributed by atoms with Crippen molar-refractivity contribution in [3.8, 4) is 0 Å². The van der Waals surface area contributed by atoms with Gasteiger partial charge in [0, 0.05) is 19.6 Å². The standard InChI is InChI=1S/C16H25N3O/c1-17-10-11-18-16(20)15-9-5-6-12-19(15)13-14-7-3-2-4-8-14/h2-4,7-8,15,17H,5-6,9-13H2,1H3,(H,18,20). The molecule has 20 heavy (non-hydrogen) atoms. The number of carbonyl (C=O) groups is 1. The largest absolute Gasteiger partial charge is 0.353 e. The number of likely N-dealkylation sites (tertiary alicyclic amines) is 1. The third-order valence-corrected chi connectivity index (χ3v) is 3.82. The number of rotatable bonds is 6. The van der Waals surface area contributed by atoms with E-state index in [4.69, 9.17) is 0 Å². The van der Waals surface area contributed by atoms with E-state index in [2.05, 4.69) is 39.8 Å². The Morgan fingerprint density at radius 3 is 2.80 bits per heavy atom. The maximum Gasteiger partial charge on any atom is 0.237 e. The van der Waals surface area contributed by atoms with E-state index in [9.17, 15) is 4.79 Å². The van der Waals surface area contributed by atoms with Crippen LogP contribution in [0, 0.1) is 0 Å². The van der Waals surface area contributed by atoms with Crippen molar-refractivity contribution in [3.05, 3.63) is 35.9 Å². The van der Waals surface area contributed by atoms with Crippen LogP contribution in [0.2, 0.25) is 0 Å². The fraction of sp³-hybridized carbons (Fsp3) is 0.562. The molecule has 1 unspecified atom stereocenters. The number of piperidine rings is 1. The molecule has 0 aliphatic carbocycles. The van der Waals surface area contributed by atoms with E-state index in [0.717, 1.165) is 32.5 Å². The highest BCUT2D eigenvalue weighted by molar-refractivity contribution is 5.81. The molecule has 0 radical (unpaired) electrons. The van der Waals surface area contributed by atoms with Gasteiger partial charge in [-0.15, -0.1) is 0 Å². The number of hydrogen-bond acceptors (Lipinski definition) is 3. The van der Waals surface area contributed by atoms with Crippen LogP contribution in [-0.2, 0) is 11.3 Å². The zero-order valence-corrected chi connectivity index (χ0v) is 12.3. The van der Waals surface area contributed by atoms with E-state index < -0.39 is 0 Å². The third kappa shape index (κ3) is 4.32. The number of carbonyl (C=O) groups excluding carboxylic acids is 1. The van der Waals surface area contributed by atoms with Crippen LogP contribution in [0.25, 0.3) is 0 Å².